The quantitative estimate of drug-likeness (QED) is 0.823. The average Bonchev–Trinajstić information content (AvgIpc) is 2.34. The molecule has 2 heteroatoms. The largest absolute Gasteiger partial charge is 0.388 e. The molecule has 2 aromatic rings. The Labute approximate surface area is 103 Å². The zero-order valence-corrected chi connectivity index (χ0v) is 10.5. The van der Waals surface area contributed by atoms with Crippen molar-refractivity contribution in [3.63, 3.8) is 0 Å². The maximum atomic E-state index is 3.42. The summed E-state index contributed by atoms with van der Waals surface area (Å²) in [6, 6.07) is 14.7. The van der Waals surface area contributed by atoms with Crippen molar-refractivity contribution in [2.24, 2.45) is 0 Å². The molecule has 0 aliphatic heterocycles. The van der Waals surface area contributed by atoms with Crippen molar-refractivity contribution in [3.8, 4) is 0 Å². The van der Waals surface area contributed by atoms with Gasteiger partial charge in [-0.05, 0) is 49.7 Å². The van der Waals surface area contributed by atoms with Gasteiger partial charge in [0.25, 0.3) is 0 Å². The van der Waals surface area contributed by atoms with Gasteiger partial charge in [0.1, 0.15) is 0 Å². The van der Waals surface area contributed by atoms with E-state index >= 15 is 0 Å². The molecule has 0 radical (unpaired) electrons. The van der Waals surface area contributed by atoms with E-state index in [0.29, 0.717) is 0 Å². The summed E-state index contributed by atoms with van der Waals surface area (Å²) in [5.74, 6) is 0. The third-order valence-corrected chi connectivity index (χ3v) is 2.83. The van der Waals surface area contributed by atoms with E-state index in [4.69, 9.17) is 0 Å². The van der Waals surface area contributed by atoms with Gasteiger partial charge in [-0.1, -0.05) is 17.7 Å². The Morgan fingerprint density at radius 3 is 2.06 bits per heavy atom. The Bertz CT molecular complexity index is 501. The van der Waals surface area contributed by atoms with Crippen LogP contribution < -0.4 is 10.6 Å². The van der Waals surface area contributed by atoms with E-state index in [1.54, 1.807) is 0 Å². The third kappa shape index (κ3) is 2.78. The minimum Gasteiger partial charge on any atom is -0.388 e. The SMILES string of the molecule is CNc1ccc(Nc2ccc(C)cc2C)cc1. The van der Waals surface area contributed by atoms with Crippen molar-refractivity contribution in [3.05, 3.63) is 53.6 Å². The van der Waals surface area contributed by atoms with Crippen molar-refractivity contribution >= 4 is 17.1 Å². The van der Waals surface area contributed by atoms with Gasteiger partial charge in [0.2, 0.25) is 0 Å². The van der Waals surface area contributed by atoms with E-state index in [9.17, 15) is 0 Å². The maximum Gasteiger partial charge on any atom is 0.0414 e. The molecular weight excluding hydrogens is 208 g/mol. The second kappa shape index (κ2) is 4.91. The maximum absolute atomic E-state index is 3.42. The van der Waals surface area contributed by atoms with Crippen LogP contribution in [0.2, 0.25) is 0 Å². The highest BCUT2D eigenvalue weighted by atomic mass is 14.9. The molecule has 2 rings (SSSR count). The van der Waals surface area contributed by atoms with Crippen molar-refractivity contribution in [2.75, 3.05) is 17.7 Å². The number of benzene rings is 2. The zero-order chi connectivity index (χ0) is 12.3. The first-order chi connectivity index (χ1) is 8.19. The highest BCUT2D eigenvalue weighted by Crippen LogP contribution is 2.22. The fourth-order valence-corrected chi connectivity index (χ4v) is 1.83. The Kier molecular flexibility index (Phi) is 3.33. The highest BCUT2D eigenvalue weighted by Gasteiger charge is 1.99. The van der Waals surface area contributed by atoms with Gasteiger partial charge < -0.3 is 10.6 Å². The molecule has 0 fully saturated rings. The third-order valence-electron chi connectivity index (χ3n) is 2.83. The lowest BCUT2D eigenvalue weighted by Crippen LogP contribution is -1.94. The van der Waals surface area contributed by atoms with Crippen molar-refractivity contribution < 1.29 is 0 Å². The minimum atomic E-state index is 1.11. The van der Waals surface area contributed by atoms with Gasteiger partial charge in [0.15, 0.2) is 0 Å². The van der Waals surface area contributed by atoms with Crippen LogP contribution in [0.15, 0.2) is 42.5 Å². The van der Waals surface area contributed by atoms with Crippen LogP contribution in [0.1, 0.15) is 11.1 Å². The summed E-state index contributed by atoms with van der Waals surface area (Å²) in [4.78, 5) is 0. The van der Waals surface area contributed by atoms with Gasteiger partial charge in [-0.15, -0.1) is 0 Å². The first-order valence-corrected chi connectivity index (χ1v) is 5.81. The lowest BCUT2D eigenvalue weighted by molar-refractivity contribution is 1.37. The molecule has 0 aromatic heterocycles. The Balaban J connectivity index is 2.19. The molecule has 0 spiro atoms. The number of hydrogen-bond donors (Lipinski definition) is 2. The van der Waals surface area contributed by atoms with Gasteiger partial charge in [-0.3, -0.25) is 0 Å². The normalized spacial score (nSPS) is 10.1. The van der Waals surface area contributed by atoms with Crippen molar-refractivity contribution in [1.29, 1.82) is 0 Å². The van der Waals surface area contributed by atoms with Gasteiger partial charge >= 0.3 is 0 Å². The molecule has 0 saturated heterocycles. The summed E-state index contributed by atoms with van der Waals surface area (Å²) in [6.07, 6.45) is 0. The second-order valence-corrected chi connectivity index (χ2v) is 4.27. The summed E-state index contributed by atoms with van der Waals surface area (Å²) < 4.78 is 0. The number of hydrogen-bond acceptors (Lipinski definition) is 2. The smallest absolute Gasteiger partial charge is 0.0414 e. The first kappa shape index (κ1) is 11.5. The molecule has 2 N–H and O–H groups in total. The van der Waals surface area contributed by atoms with Gasteiger partial charge in [0, 0.05) is 24.1 Å². The summed E-state index contributed by atoms with van der Waals surface area (Å²) in [7, 11) is 1.92. The van der Waals surface area contributed by atoms with Crippen LogP contribution in [-0.4, -0.2) is 7.05 Å². The number of nitrogens with one attached hydrogen (secondary N) is 2. The highest BCUT2D eigenvalue weighted by molar-refractivity contribution is 5.65. The average molecular weight is 226 g/mol. The lowest BCUT2D eigenvalue weighted by Gasteiger charge is -2.10. The summed E-state index contributed by atoms with van der Waals surface area (Å²) in [5, 5.41) is 6.53. The molecule has 2 aromatic carbocycles. The predicted molar refractivity (Wildman–Crippen MR) is 75.2 cm³/mol. The van der Waals surface area contributed by atoms with Crippen LogP contribution in [0.25, 0.3) is 0 Å². The van der Waals surface area contributed by atoms with E-state index < -0.39 is 0 Å². The molecule has 0 aliphatic carbocycles. The van der Waals surface area contributed by atoms with Crippen LogP contribution >= 0.6 is 0 Å². The lowest BCUT2D eigenvalue weighted by atomic mass is 10.1. The zero-order valence-electron chi connectivity index (χ0n) is 10.5. The fraction of sp³-hybridized carbons (Fsp3) is 0.200. The first-order valence-electron chi connectivity index (χ1n) is 5.81. The van der Waals surface area contributed by atoms with Crippen LogP contribution in [-0.2, 0) is 0 Å². The molecule has 0 bridgehead atoms. The van der Waals surface area contributed by atoms with Gasteiger partial charge in [-0.2, -0.15) is 0 Å². The van der Waals surface area contributed by atoms with Gasteiger partial charge in [-0.25, -0.2) is 0 Å². The van der Waals surface area contributed by atoms with Crippen LogP contribution in [0.5, 0.6) is 0 Å². The molecule has 17 heavy (non-hydrogen) atoms. The van der Waals surface area contributed by atoms with Gasteiger partial charge in [0.05, 0.1) is 0 Å². The van der Waals surface area contributed by atoms with E-state index in [1.807, 2.05) is 7.05 Å². The Morgan fingerprint density at radius 2 is 1.47 bits per heavy atom. The van der Waals surface area contributed by atoms with E-state index in [0.717, 1.165) is 17.1 Å². The minimum absolute atomic E-state index is 1.11. The van der Waals surface area contributed by atoms with Crippen molar-refractivity contribution in [1.82, 2.24) is 0 Å². The van der Waals surface area contributed by atoms with Crippen molar-refractivity contribution in [2.45, 2.75) is 13.8 Å². The monoisotopic (exact) mass is 226 g/mol. The standard InChI is InChI=1S/C15H18N2/c1-11-4-9-15(12(2)10-11)17-14-7-5-13(16-3)6-8-14/h4-10,16-17H,1-3H3. The molecule has 0 saturated carbocycles. The molecule has 0 aliphatic rings. The summed E-state index contributed by atoms with van der Waals surface area (Å²) in [5.41, 5.74) is 5.95. The molecule has 2 nitrogen and oxygen atoms in total. The molecule has 0 heterocycles. The second-order valence-electron chi connectivity index (χ2n) is 4.27. The fourth-order valence-electron chi connectivity index (χ4n) is 1.83. The number of aryl methyl sites for hydroxylation is 2. The topological polar surface area (TPSA) is 24.1 Å². The summed E-state index contributed by atoms with van der Waals surface area (Å²) >= 11 is 0. The molecule has 88 valence electrons. The number of rotatable bonds is 3. The molecule has 0 amide bonds. The van der Waals surface area contributed by atoms with Crippen LogP contribution in [0.4, 0.5) is 17.1 Å². The Hall–Kier alpha value is -1.96. The predicted octanol–water partition coefficient (Wildman–Crippen LogP) is 4.09. The van der Waals surface area contributed by atoms with E-state index in [1.165, 1.54) is 11.1 Å². The van der Waals surface area contributed by atoms with E-state index in [2.05, 4.69) is 66.9 Å². The molecular formula is C15H18N2. The molecule has 0 atom stereocenters. The van der Waals surface area contributed by atoms with Crippen LogP contribution in [0, 0.1) is 13.8 Å². The number of anilines is 3. The Morgan fingerprint density at radius 1 is 0.824 bits per heavy atom. The van der Waals surface area contributed by atoms with Crippen LogP contribution in [0.3, 0.4) is 0 Å². The molecule has 0 unspecified atom stereocenters. The van der Waals surface area contributed by atoms with E-state index in [-0.39, 0.29) is 0 Å². The summed E-state index contributed by atoms with van der Waals surface area (Å²) in [6.45, 7) is 4.23.